The minimum atomic E-state index is -0.168. The minimum Gasteiger partial charge on any atom is -0.393 e. The molecule has 0 heterocycles. The van der Waals surface area contributed by atoms with Gasteiger partial charge in [-0.2, -0.15) is 0 Å². The van der Waals surface area contributed by atoms with Crippen molar-refractivity contribution in [3.63, 3.8) is 0 Å². The van der Waals surface area contributed by atoms with Gasteiger partial charge in [0.05, 0.1) is 12.2 Å². The van der Waals surface area contributed by atoms with Crippen molar-refractivity contribution >= 4 is 0 Å². The number of allylic oxidation sites excluding steroid dienone is 1. The first-order valence-electron chi connectivity index (χ1n) is 10.3. The number of hydrogen-bond donors (Lipinski definition) is 2. The van der Waals surface area contributed by atoms with Crippen LogP contribution in [0, 0.1) is 40.4 Å². The van der Waals surface area contributed by atoms with E-state index in [4.69, 9.17) is 0 Å². The molecule has 136 valence electrons. The number of fused-ring (bicyclic) bond motifs is 5. The van der Waals surface area contributed by atoms with Gasteiger partial charge in [-0.3, -0.25) is 0 Å². The van der Waals surface area contributed by atoms with Crippen LogP contribution in [0.5, 0.6) is 0 Å². The average molecular weight is 333 g/mol. The van der Waals surface area contributed by atoms with Crippen LogP contribution in [-0.4, -0.2) is 22.4 Å². The second-order valence-corrected chi connectivity index (χ2v) is 10.2. The first kappa shape index (κ1) is 17.1. The molecule has 4 rings (SSSR count). The minimum absolute atomic E-state index is 0.115. The van der Waals surface area contributed by atoms with Gasteiger partial charge in [-0.1, -0.05) is 32.4 Å². The van der Waals surface area contributed by atoms with Gasteiger partial charge in [0.1, 0.15) is 0 Å². The highest BCUT2D eigenvalue weighted by Gasteiger charge is 2.61. The third-order valence-corrected chi connectivity index (χ3v) is 8.98. The quantitative estimate of drug-likeness (QED) is 0.691. The molecule has 0 aliphatic heterocycles. The summed E-state index contributed by atoms with van der Waals surface area (Å²) in [4.78, 5) is 0. The van der Waals surface area contributed by atoms with Crippen LogP contribution in [0.4, 0.5) is 0 Å². The maximum absolute atomic E-state index is 10.4. The van der Waals surface area contributed by atoms with Crippen LogP contribution in [0.2, 0.25) is 0 Å². The predicted octanol–water partition coefficient (Wildman–Crippen LogP) is 4.55. The van der Waals surface area contributed by atoms with Crippen molar-refractivity contribution in [2.45, 2.75) is 84.8 Å². The van der Waals surface area contributed by atoms with Gasteiger partial charge in [0.2, 0.25) is 0 Å². The van der Waals surface area contributed by atoms with E-state index in [-0.39, 0.29) is 12.2 Å². The molecule has 4 aliphatic carbocycles. The van der Waals surface area contributed by atoms with Crippen LogP contribution in [0.1, 0.15) is 72.6 Å². The lowest BCUT2D eigenvalue weighted by atomic mass is 9.44. The van der Waals surface area contributed by atoms with Crippen LogP contribution in [0.25, 0.3) is 0 Å². The van der Waals surface area contributed by atoms with Gasteiger partial charge < -0.3 is 10.2 Å². The SMILES string of the molecule is CC(O)[C@H]1CC[C@H]2[C@@H]3CC=C4C[C@@H](O)CC[C@]4(C)[C@H]3[C@H](C)C[C@]12C. The predicted molar refractivity (Wildman–Crippen MR) is 97.4 cm³/mol. The van der Waals surface area contributed by atoms with Gasteiger partial charge in [0.15, 0.2) is 0 Å². The second-order valence-electron chi connectivity index (χ2n) is 10.2. The van der Waals surface area contributed by atoms with Crippen molar-refractivity contribution < 1.29 is 10.2 Å². The Hall–Kier alpha value is -0.340. The summed E-state index contributed by atoms with van der Waals surface area (Å²) in [6.07, 6.45) is 10.3. The molecule has 0 bridgehead atoms. The highest BCUT2D eigenvalue weighted by molar-refractivity contribution is 5.26. The summed E-state index contributed by atoms with van der Waals surface area (Å²) in [7, 11) is 0. The number of aliphatic hydroxyl groups is 2. The maximum Gasteiger partial charge on any atom is 0.0577 e. The summed E-state index contributed by atoms with van der Waals surface area (Å²) in [5.41, 5.74) is 2.19. The fraction of sp³-hybridized carbons (Fsp3) is 0.909. The molecule has 4 aliphatic rings. The molecule has 2 nitrogen and oxygen atoms in total. The first-order valence-corrected chi connectivity index (χ1v) is 10.3. The summed E-state index contributed by atoms with van der Waals surface area (Å²) in [5, 5.41) is 20.5. The fourth-order valence-electron chi connectivity index (χ4n) is 8.19. The van der Waals surface area contributed by atoms with Crippen LogP contribution in [0.3, 0.4) is 0 Å². The van der Waals surface area contributed by atoms with Gasteiger partial charge in [0, 0.05) is 0 Å². The van der Waals surface area contributed by atoms with Gasteiger partial charge in [0.25, 0.3) is 0 Å². The lowest BCUT2D eigenvalue weighted by molar-refractivity contribution is -0.0964. The van der Waals surface area contributed by atoms with Crippen LogP contribution in [-0.2, 0) is 0 Å². The zero-order valence-electron chi connectivity index (χ0n) is 16.0. The van der Waals surface area contributed by atoms with Gasteiger partial charge in [-0.05, 0) is 92.3 Å². The Morgan fingerprint density at radius 3 is 2.67 bits per heavy atom. The van der Waals surface area contributed by atoms with Crippen molar-refractivity contribution in [2.75, 3.05) is 0 Å². The van der Waals surface area contributed by atoms with E-state index in [1.165, 1.54) is 25.7 Å². The van der Waals surface area contributed by atoms with Crippen molar-refractivity contribution in [3.05, 3.63) is 11.6 Å². The van der Waals surface area contributed by atoms with Gasteiger partial charge in [-0.15, -0.1) is 0 Å². The molecule has 0 aromatic heterocycles. The Morgan fingerprint density at radius 2 is 1.96 bits per heavy atom. The molecule has 2 heteroatoms. The molecule has 0 aromatic carbocycles. The molecule has 0 amide bonds. The van der Waals surface area contributed by atoms with Crippen LogP contribution in [0.15, 0.2) is 11.6 Å². The zero-order chi connectivity index (χ0) is 17.3. The first-order chi connectivity index (χ1) is 11.3. The topological polar surface area (TPSA) is 40.5 Å². The van der Waals surface area contributed by atoms with E-state index < -0.39 is 0 Å². The van der Waals surface area contributed by atoms with E-state index in [9.17, 15) is 10.2 Å². The molecule has 0 radical (unpaired) electrons. The molecular weight excluding hydrogens is 296 g/mol. The molecule has 3 saturated carbocycles. The average Bonchev–Trinajstić information content (AvgIpc) is 2.84. The normalized spacial score (nSPS) is 55.2. The molecule has 2 N–H and O–H groups in total. The largest absolute Gasteiger partial charge is 0.393 e. The molecule has 1 unspecified atom stereocenters. The van der Waals surface area contributed by atoms with Crippen molar-refractivity contribution in [1.29, 1.82) is 0 Å². The summed E-state index contributed by atoms with van der Waals surface area (Å²) in [6.45, 7) is 9.48. The Morgan fingerprint density at radius 1 is 1.21 bits per heavy atom. The molecule has 0 aromatic rings. The van der Waals surface area contributed by atoms with E-state index in [0.29, 0.717) is 16.7 Å². The lowest BCUT2D eigenvalue weighted by Gasteiger charge is -2.60. The van der Waals surface area contributed by atoms with E-state index in [2.05, 4.69) is 26.8 Å². The molecule has 3 fully saturated rings. The molecule has 9 atom stereocenters. The summed E-state index contributed by atoms with van der Waals surface area (Å²) < 4.78 is 0. The fourth-order valence-corrected chi connectivity index (χ4v) is 8.19. The Labute approximate surface area is 147 Å². The van der Waals surface area contributed by atoms with E-state index in [0.717, 1.165) is 42.9 Å². The van der Waals surface area contributed by atoms with Crippen LogP contribution < -0.4 is 0 Å². The number of hydrogen-bond acceptors (Lipinski definition) is 2. The molecule has 24 heavy (non-hydrogen) atoms. The monoisotopic (exact) mass is 332 g/mol. The third-order valence-electron chi connectivity index (χ3n) is 8.98. The van der Waals surface area contributed by atoms with Crippen molar-refractivity contribution in [2.24, 2.45) is 40.4 Å². The second kappa shape index (κ2) is 5.58. The standard InChI is InChI=1S/C22H36O2/c1-13-12-22(4)18(14(2)23)7-8-19(22)17-6-5-15-11-16(24)9-10-21(15,3)20(13)17/h5,13-14,16-20,23-24H,6-12H2,1-4H3/t13-,14?,16+,17+,18-,19+,20+,21+,22-/m1/s1. The van der Waals surface area contributed by atoms with Gasteiger partial charge >= 0.3 is 0 Å². The smallest absolute Gasteiger partial charge is 0.0577 e. The Bertz CT molecular complexity index is 538. The molecular formula is C22H36O2. The Balaban J connectivity index is 1.70. The summed E-state index contributed by atoms with van der Waals surface area (Å²) in [6, 6.07) is 0. The van der Waals surface area contributed by atoms with Crippen LogP contribution >= 0.6 is 0 Å². The lowest BCUT2D eigenvalue weighted by Crippen LogP contribution is -2.54. The van der Waals surface area contributed by atoms with Gasteiger partial charge in [-0.25, -0.2) is 0 Å². The number of aliphatic hydroxyl groups excluding tert-OH is 2. The van der Waals surface area contributed by atoms with Crippen molar-refractivity contribution in [1.82, 2.24) is 0 Å². The highest BCUT2D eigenvalue weighted by atomic mass is 16.3. The molecule has 0 spiro atoms. The van der Waals surface area contributed by atoms with E-state index in [1.54, 1.807) is 5.57 Å². The third kappa shape index (κ3) is 2.21. The van der Waals surface area contributed by atoms with E-state index >= 15 is 0 Å². The number of rotatable bonds is 1. The summed E-state index contributed by atoms with van der Waals surface area (Å²) >= 11 is 0. The Kier molecular flexibility index (Phi) is 3.97. The summed E-state index contributed by atoms with van der Waals surface area (Å²) in [5.74, 6) is 3.54. The van der Waals surface area contributed by atoms with Crippen molar-refractivity contribution in [3.8, 4) is 0 Å². The maximum atomic E-state index is 10.4. The zero-order valence-corrected chi connectivity index (χ0v) is 16.0. The van der Waals surface area contributed by atoms with E-state index in [1.807, 2.05) is 6.92 Å². The molecule has 0 saturated heterocycles. The highest BCUT2D eigenvalue weighted by Crippen LogP contribution is 2.68.